The fourth-order valence-corrected chi connectivity index (χ4v) is 3.45. The van der Waals surface area contributed by atoms with E-state index < -0.39 is 24.1 Å². The molecule has 0 fully saturated rings. The van der Waals surface area contributed by atoms with Gasteiger partial charge in [-0.15, -0.1) is 0 Å². The molecule has 0 spiro atoms. The van der Waals surface area contributed by atoms with Crippen LogP contribution in [0.3, 0.4) is 0 Å². The van der Waals surface area contributed by atoms with Gasteiger partial charge in [0.2, 0.25) is 0 Å². The van der Waals surface area contributed by atoms with Gasteiger partial charge in [-0.25, -0.2) is 0 Å². The summed E-state index contributed by atoms with van der Waals surface area (Å²) in [5.74, 6) is -0.446. The Bertz CT molecular complexity index is 885. The van der Waals surface area contributed by atoms with Crippen LogP contribution in [0.15, 0.2) is 18.2 Å². The van der Waals surface area contributed by atoms with Gasteiger partial charge in [-0.2, -0.15) is 28.2 Å². The van der Waals surface area contributed by atoms with Gasteiger partial charge in [0.25, 0.3) is 5.91 Å². The van der Waals surface area contributed by atoms with E-state index in [9.17, 15) is 23.1 Å². The van der Waals surface area contributed by atoms with E-state index in [2.05, 4.69) is 10.2 Å². The number of hydrogen-bond donors (Lipinski definition) is 1. The molecule has 0 aliphatic heterocycles. The number of hydrogen-bond acceptors (Lipinski definition) is 4. The molecule has 0 unspecified atom stereocenters. The summed E-state index contributed by atoms with van der Waals surface area (Å²) in [7, 11) is 0. The van der Waals surface area contributed by atoms with Gasteiger partial charge in [0.05, 0.1) is 18.7 Å². The van der Waals surface area contributed by atoms with Crippen LogP contribution in [0, 0.1) is 6.92 Å². The van der Waals surface area contributed by atoms with E-state index in [0.717, 1.165) is 0 Å². The number of halogens is 3. The van der Waals surface area contributed by atoms with Crippen molar-refractivity contribution >= 4 is 5.91 Å². The van der Waals surface area contributed by atoms with Crippen LogP contribution in [0.4, 0.5) is 13.2 Å². The average Bonchev–Trinajstić information content (AvgIpc) is 3.02. The van der Waals surface area contributed by atoms with E-state index in [-0.39, 0.29) is 24.2 Å². The Morgan fingerprint density at radius 2 is 1.87 bits per heavy atom. The second-order valence-electron chi connectivity index (χ2n) is 7.76. The number of nitrogens with zero attached hydrogens (tertiary/aromatic N) is 4. The molecule has 0 aliphatic carbocycles. The Labute approximate surface area is 174 Å². The highest BCUT2D eigenvalue weighted by molar-refractivity contribution is 5.96. The van der Waals surface area contributed by atoms with E-state index in [0.29, 0.717) is 29.9 Å². The van der Waals surface area contributed by atoms with Crippen molar-refractivity contribution < 1.29 is 23.1 Å². The molecule has 1 heterocycles. The number of carbonyl (C=O) groups is 1. The molecular formula is C21H29F3N4O2. The number of likely N-dealkylation sites (N-methyl/N-ethyl adjacent to an activating group) is 1. The molecule has 0 bridgehead atoms. The van der Waals surface area contributed by atoms with Crippen LogP contribution >= 0.6 is 0 Å². The molecule has 30 heavy (non-hydrogen) atoms. The minimum absolute atomic E-state index is 0.0355. The molecule has 0 radical (unpaired) electrons. The molecule has 2 rings (SSSR count). The third-order valence-corrected chi connectivity index (χ3v) is 4.90. The predicted molar refractivity (Wildman–Crippen MR) is 107 cm³/mol. The first kappa shape index (κ1) is 23.9. The first-order valence-corrected chi connectivity index (χ1v) is 9.98. The molecule has 1 aromatic carbocycles. The van der Waals surface area contributed by atoms with Crippen LogP contribution in [0.5, 0.6) is 0 Å². The van der Waals surface area contributed by atoms with Gasteiger partial charge in [-0.05, 0) is 51.3 Å². The average molecular weight is 426 g/mol. The quantitative estimate of drug-likeness (QED) is 0.700. The van der Waals surface area contributed by atoms with Crippen LogP contribution < -0.4 is 0 Å². The Morgan fingerprint density at radius 3 is 2.37 bits per heavy atom. The zero-order valence-corrected chi connectivity index (χ0v) is 18.0. The number of alkyl halides is 3. The highest BCUT2D eigenvalue weighted by atomic mass is 19.4. The van der Waals surface area contributed by atoms with Crippen molar-refractivity contribution in [1.82, 2.24) is 19.9 Å². The van der Waals surface area contributed by atoms with Crippen molar-refractivity contribution in [2.24, 2.45) is 0 Å². The number of aromatic nitrogens is 3. The van der Waals surface area contributed by atoms with Gasteiger partial charge < -0.3 is 10.0 Å². The van der Waals surface area contributed by atoms with Crippen LogP contribution in [-0.2, 0) is 25.0 Å². The number of aliphatic hydroxyl groups is 1. The van der Waals surface area contributed by atoms with Gasteiger partial charge in [0.15, 0.2) is 0 Å². The zero-order chi connectivity index (χ0) is 22.7. The van der Waals surface area contributed by atoms with Gasteiger partial charge in [-0.3, -0.25) is 4.79 Å². The maximum Gasteiger partial charge on any atom is 0.393 e. The summed E-state index contributed by atoms with van der Waals surface area (Å²) in [6.45, 7) is 9.33. The number of aryl methyl sites for hydroxylation is 2. The molecule has 0 saturated carbocycles. The lowest BCUT2D eigenvalue weighted by atomic mass is 9.95. The highest BCUT2D eigenvalue weighted by Gasteiger charge is 2.32. The molecule has 0 aliphatic rings. The van der Waals surface area contributed by atoms with Crippen LogP contribution in [0.2, 0.25) is 0 Å². The monoisotopic (exact) mass is 426 g/mol. The van der Waals surface area contributed by atoms with E-state index in [1.807, 2.05) is 0 Å². The highest BCUT2D eigenvalue weighted by Crippen LogP contribution is 2.27. The van der Waals surface area contributed by atoms with Crippen LogP contribution in [0.1, 0.15) is 60.6 Å². The van der Waals surface area contributed by atoms with E-state index in [4.69, 9.17) is 0 Å². The fraction of sp³-hybridized carbons (Fsp3) is 0.571. The van der Waals surface area contributed by atoms with Crippen molar-refractivity contribution in [2.45, 2.75) is 65.8 Å². The van der Waals surface area contributed by atoms with E-state index in [1.165, 1.54) is 15.8 Å². The lowest BCUT2D eigenvalue weighted by Gasteiger charge is -2.23. The normalized spacial score (nSPS) is 12.3. The standard InChI is InChI=1S/C21H29F3N4O2/c1-6-15-9-8-10-16(17(15)13-21(22,23)24)19(29)27(7-2)11-12-28-25-14(3)18(26-28)20(4,5)30/h8-10,30H,6-7,11-13H2,1-5H3. The smallest absolute Gasteiger partial charge is 0.384 e. The topological polar surface area (TPSA) is 71.2 Å². The van der Waals surface area contributed by atoms with E-state index >= 15 is 0 Å². The van der Waals surface area contributed by atoms with Crippen molar-refractivity contribution in [2.75, 3.05) is 13.1 Å². The molecule has 0 atom stereocenters. The number of rotatable bonds is 8. The van der Waals surface area contributed by atoms with Crippen molar-refractivity contribution in [3.8, 4) is 0 Å². The molecule has 1 amide bonds. The first-order chi connectivity index (χ1) is 13.9. The minimum Gasteiger partial charge on any atom is -0.384 e. The van der Waals surface area contributed by atoms with Gasteiger partial charge in [0.1, 0.15) is 11.3 Å². The predicted octanol–water partition coefficient (Wildman–Crippen LogP) is 3.64. The van der Waals surface area contributed by atoms with Gasteiger partial charge >= 0.3 is 6.18 Å². The Hall–Kier alpha value is -2.42. The Morgan fingerprint density at radius 1 is 1.20 bits per heavy atom. The number of carbonyl (C=O) groups excluding carboxylic acids is 1. The molecule has 9 heteroatoms. The minimum atomic E-state index is -4.40. The lowest BCUT2D eigenvalue weighted by Crippen LogP contribution is -2.35. The summed E-state index contributed by atoms with van der Waals surface area (Å²) in [5.41, 5.74) is 0.521. The van der Waals surface area contributed by atoms with Crippen LogP contribution in [-0.4, -0.2) is 50.2 Å². The zero-order valence-electron chi connectivity index (χ0n) is 18.0. The van der Waals surface area contributed by atoms with Crippen molar-refractivity contribution in [3.05, 3.63) is 46.3 Å². The molecular weight excluding hydrogens is 397 g/mol. The number of amides is 1. The lowest BCUT2D eigenvalue weighted by molar-refractivity contribution is -0.127. The summed E-state index contributed by atoms with van der Waals surface area (Å²) < 4.78 is 39.4. The molecule has 1 N–H and O–H groups in total. The molecule has 166 valence electrons. The van der Waals surface area contributed by atoms with Gasteiger partial charge in [-0.1, -0.05) is 19.1 Å². The SMILES string of the molecule is CCc1cccc(C(=O)N(CC)CCn2nc(C)c(C(C)(C)O)n2)c1CC(F)(F)F. The summed E-state index contributed by atoms with van der Waals surface area (Å²) in [6, 6.07) is 4.70. The second-order valence-corrected chi connectivity index (χ2v) is 7.76. The number of benzene rings is 1. The summed E-state index contributed by atoms with van der Waals surface area (Å²) >= 11 is 0. The molecule has 1 aromatic heterocycles. The first-order valence-electron chi connectivity index (χ1n) is 9.98. The Kier molecular flexibility index (Phi) is 7.28. The van der Waals surface area contributed by atoms with Crippen molar-refractivity contribution in [3.63, 3.8) is 0 Å². The Balaban J connectivity index is 2.25. The van der Waals surface area contributed by atoms with E-state index in [1.54, 1.807) is 46.8 Å². The molecule has 0 saturated heterocycles. The third-order valence-electron chi connectivity index (χ3n) is 4.90. The second kappa shape index (κ2) is 9.16. The maximum absolute atomic E-state index is 13.1. The molecule has 6 nitrogen and oxygen atoms in total. The summed E-state index contributed by atoms with van der Waals surface area (Å²) in [6.07, 6.45) is -5.12. The van der Waals surface area contributed by atoms with Crippen LogP contribution in [0.25, 0.3) is 0 Å². The van der Waals surface area contributed by atoms with Crippen molar-refractivity contribution in [1.29, 1.82) is 0 Å². The molecule has 2 aromatic rings. The summed E-state index contributed by atoms with van der Waals surface area (Å²) in [5, 5.41) is 18.7. The third kappa shape index (κ3) is 5.81. The summed E-state index contributed by atoms with van der Waals surface area (Å²) in [4.78, 5) is 16.0. The maximum atomic E-state index is 13.1. The largest absolute Gasteiger partial charge is 0.393 e. The fourth-order valence-electron chi connectivity index (χ4n) is 3.45. The van der Waals surface area contributed by atoms with Gasteiger partial charge in [0, 0.05) is 18.7 Å².